The maximum atomic E-state index is 5.61. The van der Waals surface area contributed by atoms with Crippen molar-refractivity contribution in [3.63, 3.8) is 0 Å². The number of aromatic nitrogens is 2. The van der Waals surface area contributed by atoms with E-state index in [9.17, 15) is 0 Å². The first-order chi connectivity index (χ1) is 23.1. The van der Waals surface area contributed by atoms with E-state index in [1.165, 1.54) is 21.5 Å². The molecule has 6 rings (SSSR count). The molecule has 0 unspecified atom stereocenters. The van der Waals surface area contributed by atoms with Gasteiger partial charge in [-0.15, -0.1) is 0 Å². The molecule has 0 bridgehead atoms. The zero-order chi connectivity index (χ0) is 32.6. The minimum absolute atomic E-state index is 0.633. The van der Waals surface area contributed by atoms with E-state index in [1.807, 2.05) is 12.2 Å². The quantitative estimate of drug-likeness (QED) is 0.110. The predicted octanol–water partition coefficient (Wildman–Crippen LogP) is 8.54. The van der Waals surface area contributed by atoms with Crippen LogP contribution in [0, 0.1) is 0 Å². The Kier molecular flexibility index (Phi) is 10.0. The van der Waals surface area contributed by atoms with Gasteiger partial charge in [-0.2, -0.15) is 0 Å². The minimum atomic E-state index is -0.928. The number of benzene rings is 5. The minimum Gasteiger partial charge on any atom is -0.319 e. The van der Waals surface area contributed by atoms with Gasteiger partial charge in [0.1, 0.15) is 5.82 Å². The third-order valence-corrected chi connectivity index (χ3v) is 10.8. The number of nitrogens with zero attached hydrogens (tertiary/aromatic N) is 2. The summed E-state index contributed by atoms with van der Waals surface area (Å²) >= 11 is 0. The van der Waals surface area contributed by atoms with Crippen LogP contribution in [0.4, 0.5) is 0 Å². The lowest BCUT2D eigenvalue weighted by molar-refractivity contribution is 0.812. The van der Waals surface area contributed by atoms with Crippen LogP contribution >= 0.6 is 7.92 Å². The van der Waals surface area contributed by atoms with Gasteiger partial charge in [0.15, 0.2) is 0 Å². The molecule has 0 saturated heterocycles. The van der Waals surface area contributed by atoms with Crippen molar-refractivity contribution in [2.45, 2.75) is 20.4 Å². The first-order valence-electron chi connectivity index (χ1n) is 16.0. The van der Waals surface area contributed by atoms with Crippen molar-refractivity contribution in [3.05, 3.63) is 180 Å². The fourth-order valence-electron chi connectivity index (χ4n) is 6.04. The third kappa shape index (κ3) is 6.66. The lowest BCUT2D eigenvalue weighted by Gasteiger charge is -2.23. The first kappa shape index (κ1) is 31.7. The number of imidazole rings is 1. The van der Waals surface area contributed by atoms with Gasteiger partial charge in [-0.1, -0.05) is 177 Å². The van der Waals surface area contributed by atoms with Crippen LogP contribution in [0.15, 0.2) is 170 Å². The Hall–Kier alpha value is -5.30. The molecule has 0 N–H and O–H groups in total. The Balaban J connectivity index is 1.75. The average Bonchev–Trinajstić information content (AvgIpc) is 3.50. The summed E-state index contributed by atoms with van der Waals surface area (Å²) in [6.07, 6.45) is 10.3. The van der Waals surface area contributed by atoms with Crippen molar-refractivity contribution >= 4 is 36.5 Å². The highest BCUT2D eigenvalue weighted by molar-refractivity contribution is 7.80. The van der Waals surface area contributed by atoms with Gasteiger partial charge in [-0.05, 0) is 53.7 Å². The molecule has 2 nitrogen and oxygen atoms in total. The maximum absolute atomic E-state index is 5.61. The lowest BCUT2D eigenvalue weighted by atomic mass is 10.0. The molecule has 0 amide bonds. The van der Waals surface area contributed by atoms with Gasteiger partial charge in [0, 0.05) is 23.2 Å². The standard InChI is InChI=1S/C44H39N2P/c1-5-8-21-34(6-2)32-46-43(37-24-15-10-16-25-37)42(36-22-13-9-14-23-36)45-44(46)41-33(4)35(7-3)30-31-40(41)47(38-26-17-11-18-27-38)39-28-19-12-20-29-39/h5-31H,1,4,32H2,2-3H3/b21-8-,34-6+,35-7-. The number of rotatable bonds is 10. The normalized spacial score (nSPS) is 12.2. The van der Waals surface area contributed by atoms with E-state index in [2.05, 4.69) is 177 Å². The van der Waals surface area contributed by atoms with Crippen LogP contribution in [-0.2, 0) is 6.54 Å². The van der Waals surface area contributed by atoms with Crippen LogP contribution < -0.4 is 26.4 Å². The molecule has 5 aromatic carbocycles. The van der Waals surface area contributed by atoms with E-state index in [4.69, 9.17) is 11.6 Å². The zero-order valence-corrected chi connectivity index (χ0v) is 27.9. The highest BCUT2D eigenvalue weighted by Gasteiger charge is 2.27. The summed E-state index contributed by atoms with van der Waals surface area (Å²) in [7, 11) is -0.928. The molecule has 0 fully saturated rings. The summed E-state index contributed by atoms with van der Waals surface area (Å²) in [6.45, 7) is 13.5. The monoisotopic (exact) mass is 626 g/mol. The van der Waals surface area contributed by atoms with E-state index < -0.39 is 7.92 Å². The van der Waals surface area contributed by atoms with Gasteiger partial charge in [-0.25, -0.2) is 4.98 Å². The molecule has 0 aliphatic heterocycles. The highest BCUT2D eigenvalue weighted by Crippen LogP contribution is 2.40. The van der Waals surface area contributed by atoms with Gasteiger partial charge in [0.25, 0.3) is 0 Å². The fraction of sp³-hybridized carbons (Fsp3) is 0.0682. The van der Waals surface area contributed by atoms with Crippen molar-refractivity contribution in [1.82, 2.24) is 9.55 Å². The molecule has 0 spiro atoms. The van der Waals surface area contributed by atoms with Crippen molar-refractivity contribution in [3.8, 4) is 33.9 Å². The van der Waals surface area contributed by atoms with Gasteiger partial charge < -0.3 is 4.57 Å². The van der Waals surface area contributed by atoms with Gasteiger partial charge >= 0.3 is 0 Å². The molecule has 0 atom stereocenters. The summed E-state index contributed by atoms with van der Waals surface area (Å²) in [5.74, 6) is 0.914. The van der Waals surface area contributed by atoms with Crippen molar-refractivity contribution in [2.24, 2.45) is 0 Å². The molecule has 0 aliphatic rings. The van der Waals surface area contributed by atoms with Gasteiger partial charge in [-0.3, -0.25) is 0 Å². The molecule has 3 heteroatoms. The summed E-state index contributed by atoms with van der Waals surface area (Å²) in [4.78, 5) is 5.61. The molecule has 230 valence electrons. The Labute approximate surface area is 279 Å². The second-order valence-electron chi connectivity index (χ2n) is 11.2. The van der Waals surface area contributed by atoms with Crippen LogP contribution in [0.25, 0.3) is 46.6 Å². The summed E-state index contributed by atoms with van der Waals surface area (Å²) in [5, 5.41) is 5.90. The van der Waals surface area contributed by atoms with Crippen molar-refractivity contribution in [1.29, 1.82) is 0 Å². The second kappa shape index (κ2) is 14.9. The second-order valence-corrected chi connectivity index (χ2v) is 13.4. The molecule has 47 heavy (non-hydrogen) atoms. The van der Waals surface area contributed by atoms with Crippen LogP contribution in [0.1, 0.15) is 13.8 Å². The van der Waals surface area contributed by atoms with E-state index >= 15 is 0 Å². The predicted molar refractivity (Wildman–Crippen MR) is 205 cm³/mol. The SMILES string of the molecule is C=C/C=C\C(=C/C)Cn1c(-c2c(P(c3ccccc3)c3ccccc3)cc/c(=C/C)c2=C)nc(-c2ccccc2)c1-c1ccccc1. The molecule has 6 aromatic rings. The highest BCUT2D eigenvalue weighted by atomic mass is 31.1. The van der Waals surface area contributed by atoms with Gasteiger partial charge in [0.2, 0.25) is 0 Å². The van der Waals surface area contributed by atoms with Gasteiger partial charge in [0.05, 0.1) is 11.4 Å². The zero-order valence-electron chi connectivity index (χ0n) is 27.1. The Morgan fingerprint density at radius 3 is 1.81 bits per heavy atom. The van der Waals surface area contributed by atoms with Crippen molar-refractivity contribution < 1.29 is 0 Å². The Bertz CT molecular complexity index is 2100. The summed E-state index contributed by atoms with van der Waals surface area (Å²) < 4.78 is 2.40. The molecule has 1 heterocycles. The average molecular weight is 627 g/mol. The first-order valence-corrected chi connectivity index (χ1v) is 17.3. The lowest BCUT2D eigenvalue weighted by Crippen LogP contribution is -2.34. The smallest absolute Gasteiger partial charge is 0.142 e. The molecule has 0 radical (unpaired) electrons. The maximum Gasteiger partial charge on any atom is 0.142 e. The fourth-order valence-corrected chi connectivity index (χ4v) is 8.51. The van der Waals surface area contributed by atoms with E-state index in [0.29, 0.717) is 6.54 Å². The van der Waals surface area contributed by atoms with E-state index in [0.717, 1.165) is 44.3 Å². The van der Waals surface area contributed by atoms with Crippen molar-refractivity contribution in [2.75, 3.05) is 0 Å². The van der Waals surface area contributed by atoms with Crippen LogP contribution in [-0.4, -0.2) is 9.55 Å². The number of hydrogen-bond donors (Lipinski definition) is 0. The Morgan fingerprint density at radius 1 is 0.723 bits per heavy atom. The van der Waals surface area contributed by atoms with E-state index in [1.54, 1.807) is 0 Å². The van der Waals surface area contributed by atoms with Crippen LogP contribution in [0.3, 0.4) is 0 Å². The largest absolute Gasteiger partial charge is 0.319 e. The molecule has 0 aliphatic carbocycles. The number of hydrogen-bond acceptors (Lipinski definition) is 1. The third-order valence-electron chi connectivity index (χ3n) is 8.35. The van der Waals surface area contributed by atoms with E-state index in [-0.39, 0.29) is 0 Å². The summed E-state index contributed by atoms with van der Waals surface area (Å²) in [6, 6.07) is 47.4. The Morgan fingerprint density at radius 2 is 1.28 bits per heavy atom. The molecular formula is C44H39N2P. The van der Waals surface area contributed by atoms with Crippen LogP contribution in [0.5, 0.6) is 0 Å². The molecule has 0 saturated carbocycles. The summed E-state index contributed by atoms with van der Waals surface area (Å²) in [5.41, 5.74) is 6.48. The molecular weight excluding hydrogens is 587 g/mol. The topological polar surface area (TPSA) is 17.8 Å². The number of allylic oxidation sites excluding steroid dienone is 5. The molecule has 1 aromatic heterocycles. The van der Waals surface area contributed by atoms with Crippen LogP contribution in [0.2, 0.25) is 0 Å².